The zero-order valence-corrected chi connectivity index (χ0v) is 15.6. The van der Waals surface area contributed by atoms with E-state index in [0.717, 1.165) is 60.8 Å². The zero-order valence-electron chi connectivity index (χ0n) is 15.6. The van der Waals surface area contributed by atoms with E-state index >= 15 is 0 Å². The van der Waals surface area contributed by atoms with Crippen molar-refractivity contribution in [3.63, 3.8) is 0 Å². The van der Waals surface area contributed by atoms with Crippen molar-refractivity contribution in [2.75, 3.05) is 6.54 Å². The molecule has 0 fully saturated rings. The Balaban J connectivity index is 1.51. The van der Waals surface area contributed by atoms with Gasteiger partial charge in [0.1, 0.15) is 0 Å². The van der Waals surface area contributed by atoms with Crippen LogP contribution in [0, 0.1) is 13.8 Å². The van der Waals surface area contributed by atoms with Crippen LogP contribution in [0.4, 0.5) is 13.2 Å². The Labute approximate surface area is 160 Å². The molecule has 8 heteroatoms. The second-order valence-electron chi connectivity index (χ2n) is 7.11. The lowest BCUT2D eigenvalue weighted by Crippen LogP contribution is -2.31. The number of H-pyrrole nitrogens is 1. The third kappa shape index (κ3) is 3.64. The summed E-state index contributed by atoms with van der Waals surface area (Å²) in [5, 5.41) is 7.26. The van der Waals surface area contributed by atoms with Gasteiger partial charge in [-0.15, -0.1) is 0 Å². The van der Waals surface area contributed by atoms with E-state index in [0.29, 0.717) is 11.4 Å². The van der Waals surface area contributed by atoms with Gasteiger partial charge in [-0.1, -0.05) is 12.1 Å². The molecule has 1 N–H and O–H groups in total. The Morgan fingerprint density at radius 2 is 1.89 bits per heavy atom. The number of rotatable bonds is 3. The minimum absolute atomic E-state index is 0.461. The van der Waals surface area contributed by atoms with Crippen molar-refractivity contribution in [3.8, 4) is 11.4 Å². The number of hydrogen-bond donors (Lipinski definition) is 1. The highest BCUT2D eigenvalue weighted by Gasteiger charge is 2.30. The molecule has 2 aromatic heterocycles. The molecule has 0 aliphatic carbocycles. The summed E-state index contributed by atoms with van der Waals surface area (Å²) in [6, 6.07) is 4.97. The highest BCUT2D eigenvalue weighted by atomic mass is 19.4. The van der Waals surface area contributed by atoms with Crippen LogP contribution in [0.2, 0.25) is 0 Å². The molecule has 0 bridgehead atoms. The second-order valence-corrected chi connectivity index (χ2v) is 7.11. The lowest BCUT2D eigenvalue weighted by molar-refractivity contribution is -0.137. The summed E-state index contributed by atoms with van der Waals surface area (Å²) in [5.41, 5.74) is 5.24. The standard InChI is InChI=1S/C20H20F3N5/c1-12-17(13(2)27-26-12)11-28-8-7-18-15(10-28)9-24-19(25-18)14-3-5-16(6-4-14)20(21,22)23/h3-6,9H,7-8,10-11H2,1-2H3,(H,26,27). The van der Waals surface area contributed by atoms with Crippen molar-refractivity contribution < 1.29 is 13.2 Å². The molecule has 3 aromatic rings. The number of benzene rings is 1. The van der Waals surface area contributed by atoms with E-state index in [2.05, 4.69) is 25.1 Å². The third-order valence-electron chi connectivity index (χ3n) is 5.15. The molecule has 146 valence electrons. The monoisotopic (exact) mass is 387 g/mol. The smallest absolute Gasteiger partial charge is 0.294 e. The van der Waals surface area contributed by atoms with E-state index in [1.54, 1.807) is 6.20 Å². The highest BCUT2D eigenvalue weighted by Crippen LogP contribution is 2.30. The summed E-state index contributed by atoms with van der Waals surface area (Å²) >= 11 is 0. The van der Waals surface area contributed by atoms with Gasteiger partial charge in [-0.05, 0) is 26.0 Å². The van der Waals surface area contributed by atoms with E-state index in [1.807, 2.05) is 13.8 Å². The summed E-state index contributed by atoms with van der Waals surface area (Å²) in [4.78, 5) is 11.3. The minimum atomic E-state index is -4.34. The molecule has 1 aliphatic rings. The predicted molar refractivity (Wildman–Crippen MR) is 98.3 cm³/mol. The fourth-order valence-electron chi connectivity index (χ4n) is 3.49. The van der Waals surface area contributed by atoms with E-state index in [4.69, 9.17) is 0 Å². The molecular weight excluding hydrogens is 367 g/mol. The second kappa shape index (κ2) is 7.01. The molecule has 0 unspecified atom stereocenters. The molecule has 5 nitrogen and oxygen atoms in total. The lowest BCUT2D eigenvalue weighted by Gasteiger charge is -2.28. The first-order chi connectivity index (χ1) is 13.3. The summed E-state index contributed by atoms with van der Waals surface area (Å²) in [6.45, 7) is 6.43. The van der Waals surface area contributed by atoms with Gasteiger partial charge >= 0.3 is 6.18 Å². The average molecular weight is 387 g/mol. The first-order valence-electron chi connectivity index (χ1n) is 9.06. The van der Waals surface area contributed by atoms with Crippen molar-refractivity contribution in [3.05, 3.63) is 64.2 Å². The topological polar surface area (TPSA) is 57.7 Å². The van der Waals surface area contributed by atoms with E-state index in [1.165, 1.54) is 17.7 Å². The Kier molecular flexibility index (Phi) is 4.66. The number of aromatic amines is 1. The molecular formula is C20H20F3N5. The van der Waals surface area contributed by atoms with Crippen LogP contribution in [0.25, 0.3) is 11.4 Å². The molecule has 0 saturated heterocycles. The van der Waals surface area contributed by atoms with E-state index < -0.39 is 11.7 Å². The molecule has 3 heterocycles. The molecule has 28 heavy (non-hydrogen) atoms. The van der Waals surface area contributed by atoms with Gasteiger partial charge in [-0.3, -0.25) is 10.00 Å². The maximum atomic E-state index is 12.7. The molecule has 1 aliphatic heterocycles. The number of alkyl halides is 3. The average Bonchev–Trinajstić information content (AvgIpc) is 2.99. The fourth-order valence-corrected chi connectivity index (χ4v) is 3.49. The SMILES string of the molecule is Cc1n[nH]c(C)c1CN1CCc2nc(-c3ccc(C(F)(F)F)cc3)ncc2C1. The fraction of sp³-hybridized carbons (Fsp3) is 0.350. The normalized spacial score (nSPS) is 14.9. The number of nitrogens with one attached hydrogen (secondary N) is 1. The summed E-state index contributed by atoms with van der Waals surface area (Å²) in [7, 11) is 0. The molecule has 0 amide bonds. The Morgan fingerprint density at radius 1 is 1.14 bits per heavy atom. The van der Waals surface area contributed by atoms with Crippen molar-refractivity contribution in [1.82, 2.24) is 25.1 Å². The molecule has 1 aromatic carbocycles. The van der Waals surface area contributed by atoms with E-state index in [-0.39, 0.29) is 0 Å². The Hall–Kier alpha value is -2.74. The van der Waals surface area contributed by atoms with Gasteiger partial charge in [0.05, 0.1) is 17.0 Å². The van der Waals surface area contributed by atoms with Crippen LogP contribution in [0.1, 0.15) is 33.8 Å². The number of aromatic nitrogens is 4. The first-order valence-corrected chi connectivity index (χ1v) is 9.06. The molecule has 0 radical (unpaired) electrons. The summed E-state index contributed by atoms with van der Waals surface area (Å²) in [5.74, 6) is 0.461. The van der Waals surface area contributed by atoms with Crippen molar-refractivity contribution >= 4 is 0 Å². The van der Waals surface area contributed by atoms with Crippen LogP contribution in [-0.4, -0.2) is 31.6 Å². The van der Waals surface area contributed by atoms with Crippen molar-refractivity contribution in [1.29, 1.82) is 0 Å². The van der Waals surface area contributed by atoms with Gasteiger partial charge < -0.3 is 0 Å². The van der Waals surface area contributed by atoms with Gasteiger partial charge in [-0.25, -0.2) is 9.97 Å². The Morgan fingerprint density at radius 3 is 2.54 bits per heavy atom. The van der Waals surface area contributed by atoms with Crippen LogP contribution in [0.15, 0.2) is 30.5 Å². The summed E-state index contributed by atoms with van der Waals surface area (Å²) < 4.78 is 38.2. The maximum absolute atomic E-state index is 12.7. The van der Waals surface area contributed by atoms with Crippen LogP contribution < -0.4 is 0 Å². The largest absolute Gasteiger partial charge is 0.416 e. The number of fused-ring (bicyclic) bond motifs is 1. The molecule has 4 rings (SSSR count). The molecule has 0 spiro atoms. The highest BCUT2D eigenvalue weighted by molar-refractivity contribution is 5.56. The minimum Gasteiger partial charge on any atom is -0.294 e. The number of hydrogen-bond acceptors (Lipinski definition) is 4. The van der Waals surface area contributed by atoms with Gasteiger partial charge in [-0.2, -0.15) is 18.3 Å². The quantitative estimate of drug-likeness (QED) is 0.736. The van der Waals surface area contributed by atoms with Crippen LogP contribution in [0.5, 0.6) is 0 Å². The first kappa shape index (κ1) is 18.6. The van der Waals surface area contributed by atoms with Crippen molar-refractivity contribution in [2.24, 2.45) is 0 Å². The molecule has 0 atom stereocenters. The van der Waals surface area contributed by atoms with Crippen LogP contribution in [-0.2, 0) is 25.7 Å². The number of halogens is 3. The van der Waals surface area contributed by atoms with Gasteiger partial charge in [0.2, 0.25) is 0 Å². The number of aryl methyl sites for hydroxylation is 2. The maximum Gasteiger partial charge on any atom is 0.416 e. The Bertz CT molecular complexity index is 973. The van der Waals surface area contributed by atoms with Crippen LogP contribution in [0.3, 0.4) is 0 Å². The summed E-state index contributed by atoms with van der Waals surface area (Å²) in [6.07, 6.45) is -1.78. The zero-order chi connectivity index (χ0) is 19.9. The van der Waals surface area contributed by atoms with Crippen molar-refractivity contribution in [2.45, 2.75) is 39.5 Å². The van der Waals surface area contributed by atoms with Gasteiger partial charge in [0.25, 0.3) is 0 Å². The van der Waals surface area contributed by atoms with Gasteiger partial charge in [0, 0.05) is 54.6 Å². The third-order valence-corrected chi connectivity index (χ3v) is 5.15. The van der Waals surface area contributed by atoms with Crippen LogP contribution >= 0.6 is 0 Å². The van der Waals surface area contributed by atoms with Gasteiger partial charge in [0.15, 0.2) is 5.82 Å². The molecule has 0 saturated carbocycles. The van der Waals surface area contributed by atoms with E-state index in [9.17, 15) is 13.2 Å². The number of nitrogens with zero attached hydrogens (tertiary/aromatic N) is 4. The predicted octanol–water partition coefficient (Wildman–Crippen LogP) is 4.06. The lowest BCUT2D eigenvalue weighted by atomic mass is 10.0.